The standard InChI is InChI=1S/C13H16N4O/c14-9-2-1-3-10(8-9)18-12-5-4-11-13(17-12)16-7-6-15-11/h4-7,9-10H,1-3,8,14H2. The summed E-state index contributed by atoms with van der Waals surface area (Å²) in [5.74, 6) is 0.613. The molecule has 0 amide bonds. The van der Waals surface area contributed by atoms with E-state index in [0.29, 0.717) is 11.5 Å². The van der Waals surface area contributed by atoms with Crippen molar-refractivity contribution < 1.29 is 4.74 Å². The van der Waals surface area contributed by atoms with Gasteiger partial charge in [0.25, 0.3) is 0 Å². The molecule has 2 aromatic heterocycles. The summed E-state index contributed by atoms with van der Waals surface area (Å²) in [6.45, 7) is 0. The van der Waals surface area contributed by atoms with Gasteiger partial charge >= 0.3 is 0 Å². The Kier molecular flexibility index (Phi) is 3.06. The summed E-state index contributed by atoms with van der Waals surface area (Å²) in [5, 5.41) is 0. The lowest BCUT2D eigenvalue weighted by Crippen LogP contribution is -2.33. The van der Waals surface area contributed by atoms with Crippen LogP contribution in [0.25, 0.3) is 11.2 Å². The van der Waals surface area contributed by atoms with Crippen LogP contribution in [-0.2, 0) is 0 Å². The van der Waals surface area contributed by atoms with Crippen LogP contribution >= 0.6 is 0 Å². The van der Waals surface area contributed by atoms with Crippen LogP contribution in [0.1, 0.15) is 25.7 Å². The van der Waals surface area contributed by atoms with Crippen LogP contribution in [0.3, 0.4) is 0 Å². The SMILES string of the molecule is NC1CCCC(Oc2ccc3nccnc3n2)C1. The van der Waals surface area contributed by atoms with Crippen molar-refractivity contribution in [1.29, 1.82) is 0 Å². The number of hydrogen-bond acceptors (Lipinski definition) is 5. The van der Waals surface area contributed by atoms with Gasteiger partial charge in [0, 0.05) is 24.5 Å². The van der Waals surface area contributed by atoms with Gasteiger partial charge in [-0.15, -0.1) is 0 Å². The van der Waals surface area contributed by atoms with Gasteiger partial charge in [-0.05, 0) is 31.7 Å². The molecule has 1 aliphatic carbocycles. The number of aromatic nitrogens is 3. The molecule has 3 rings (SSSR count). The van der Waals surface area contributed by atoms with E-state index < -0.39 is 0 Å². The summed E-state index contributed by atoms with van der Waals surface area (Å²) in [6.07, 6.45) is 7.64. The molecule has 0 saturated heterocycles. The Balaban J connectivity index is 1.78. The highest BCUT2D eigenvalue weighted by atomic mass is 16.5. The molecular weight excluding hydrogens is 228 g/mol. The largest absolute Gasteiger partial charge is 0.474 e. The third-order valence-electron chi connectivity index (χ3n) is 3.26. The molecule has 5 heteroatoms. The predicted octanol–water partition coefficient (Wildman–Crippen LogP) is 1.67. The Morgan fingerprint density at radius 3 is 2.94 bits per heavy atom. The van der Waals surface area contributed by atoms with Gasteiger partial charge in [-0.25, -0.2) is 4.98 Å². The molecule has 0 aliphatic heterocycles. The summed E-state index contributed by atoms with van der Waals surface area (Å²) in [7, 11) is 0. The Labute approximate surface area is 105 Å². The van der Waals surface area contributed by atoms with Crippen LogP contribution in [0.5, 0.6) is 5.88 Å². The molecule has 18 heavy (non-hydrogen) atoms. The van der Waals surface area contributed by atoms with E-state index in [9.17, 15) is 0 Å². The first-order chi connectivity index (χ1) is 8.81. The molecule has 0 bridgehead atoms. The zero-order valence-corrected chi connectivity index (χ0v) is 10.1. The van der Waals surface area contributed by atoms with E-state index in [1.807, 2.05) is 12.1 Å². The van der Waals surface area contributed by atoms with E-state index in [4.69, 9.17) is 10.5 Å². The molecule has 0 spiro atoms. The molecule has 1 fully saturated rings. The van der Waals surface area contributed by atoms with Gasteiger partial charge in [0.2, 0.25) is 5.88 Å². The molecule has 94 valence electrons. The Bertz CT molecular complexity index is 545. The van der Waals surface area contributed by atoms with E-state index in [2.05, 4.69) is 15.0 Å². The quantitative estimate of drug-likeness (QED) is 0.869. The number of ether oxygens (including phenoxy) is 1. The van der Waals surface area contributed by atoms with Gasteiger partial charge in [-0.2, -0.15) is 4.98 Å². The maximum atomic E-state index is 5.95. The lowest BCUT2D eigenvalue weighted by Gasteiger charge is -2.26. The number of pyridine rings is 1. The number of hydrogen-bond donors (Lipinski definition) is 1. The molecule has 0 radical (unpaired) electrons. The zero-order valence-electron chi connectivity index (χ0n) is 10.1. The van der Waals surface area contributed by atoms with Crippen LogP contribution in [0.15, 0.2) is 24.5 Å². The fraction of sp³-hybridized carbons (Fsp3) is 0.462. The molecule has 1 saturated carbocycles. The van der Waals surface area contributed by atoms with Gasteiger partial charge < -0.3 is 10.5 Å². The first-order valence-electron chi connectivity index (χ1n) is 6.31. The maximum Gasteiger partial charge on any atom is 0.215 e. The Morgan fingerprint density at radius 2 is 2.06 bits per heavy atom. The molecule has 2 heterocycles. The summed E-state index contributed by atoms with van der Waals surface area (Å²) < 4.78 is 5.87. The van der Waals surface area contributed by atoms with Crippen molar-refractivity contribution in [2.45, 2.75) is 37.8 Å². The first kappa shape index (κ1) is 11.3. The summed E-state index contributed by atoms with van der Waals surface area (Å²) in [5.41, 5.74) is 7.35. The predicted molar refractivity (Wildman–Crippen MR) is 68.2 cm³/mol. The Morgan fingerprint density at radius 1 is 1.17 bits per heavy atom. The monoisotopic (exact) mass is 244 g/mol. The number of nitrogens with zero attached hydrogens (tertiary/aromatic N) is 3. The number of fused-ring (bicyclic) bond motifs is 1. The summed E-state index contributed by atoms with van der Waals surface area (Å²) in [4.78, 5) is 12.7. The zero-order chi connectivity index (χ0) is 12.4. The van der Waals surface area contributed by atoms with Crippen LogP contribution in [0.4, 0.5) is 0 Å². The number of nitrogens with two attached hydrogens (primary N) is 1. The van der Waals surface area contributed by atoms with Gasteiger partial charge in [0.15, 0.2) is 5.65 Å². The van der Waals surface area contributed by atoms with Gasteiger partial charge in [0.1, 0.15) is 11.6 Å². The topological polar surface area (TPSA) is 73.9 Å². The second-order valence-corrected chi connectivity index (χ2v) is 4.72. The average molecular weight is 244 g/mol. The van der Waals surface area contributed by atoms with Gasteiger partial charge in [0.05, 0.1) is 0 Å². The normalized spacial score (nSPS) is 24.1. The molecule has 0 aromatic carbocycles. The van der Waals surface area contributed by atoms with E-state index in [-0.39, 0.29) is 12.1 Å². The third-order valence-corrected chi connectivity index (χ3v) is 3.26. The summed E-state index contributed by atoms with van der Waals surface area (Å²) in [6, 6.07) is 3.98. The fourth-order valence-corrected chi connectivity index (χ4v) is 2.36. The van der Waals surface area contributed by atoms with Crippen LogP contribution in [0, 0.1) is 0 Å². The summed E-state index contributed by atoms with van der Waals surface area (Å²) >= 11 is 0. The second-order valence-electron chi connectivity index (χ2n) is 4.72. The molecule has 1 aliphatic rings. The van der Waals surface area contributed by atoms with Crippen LogP contribution in [-0.4, -0.2) is 27.1 Å². The highest BCUT2D eigenvalue weighted by Crippen LogP contribution is 2.22. The smallest absolute Gasteiger partial charge is 0.215 e. The minimum atomic E-state index is 0.176. The molecule has 2 unspecified atom stereocenters. The van der Waals surface area contributed by atoms with Crippen LogP contribution < -0.4 is 10.5 Å². The Hall–Kier alpha value is -1.75. The van der Waals surface area contributed by atoms with E-state index in [0.717, 1.165) is 31.2 Å². The van der Waals surface area contributed by atoms with Crippen molar-refractivity contribution in [3.63, 3.8) is 0 Å². The van der Waals surface area contributed by atoms with Crippen molar-refractivity contribution in [2.24, 2.45) is 5.73 Å². The van der Waals surface area contributed by atoms with Crippen molar-refractivity contribution in [2.75, 3.05) is 0 Å². The lowest BCUT2D eigenvalue weighted by atomic mass is 9.94. The molecule has 2 atom stereocenters. The molecule has 2 N–H and O–H groups in total. The minimum absolute atomic E-state index is 0.176. The van der Waals surface area contributed by atoms with E-state index in [1.165, 1.54) is 0 Å². The first-order valence-corrected chi connectivity index (χ1v) is 6.31. The van der Waals surface area contributed by atoms with Gasteiger partial charge in [-0.1, -0.05) is 0 Å². The highest BCUT2D eigenvalue weighted by Gasteiger charge is 2.21. The van der Waals surface area contributed by atoms with Crippen molar-refractivity contribution in [3.05, 3.63) is 24.5 Å². The average Bonchev–Trinajstić information content (AvgIpc) is 2.39. The van der Waals surface area contributed by atoms with Gasteiger partial charge in [-0.3, -0.25) is 4.98 Å². The van der Waals surface area contributed by atoms with E-state index >= 15 is 0 Å². The third kappa shape index (κ3) is 2.41. The fourth-order valence-electron chi connectivity index (χ4n) is 2.36. The minimum Gasteiger partial charge on any atom is -0.474 e. The highest BCUT2D eigenvalue weighted by molar-refractivity contribution is 5.69. The van der Waals surface area contributed by atoms with Crippen molar-refractivity contribution >= 4 is 11.2 Å². The molecular formula is C13H16N4O. The van der Waals surface area contributed by atoms with Crippen molar-refractivity contribution in [1.82, 2.24) is 15.0 Å². The van der Waals surface area contributed by atoms with E-state index in [1.54, 1.807) is 12.4 Å². The van der Waals surface area contributed by atoms with Crippen molar-refractivity contribution in [3.8, 4) is 5.88 Å². The maximum absolute atomic E-state index is 5.95. The molecule has 2 aromatic rings. The second kappa shape index (κ2) is 4.86. The molecule has 5 nitrogen and oxygen atoms in total. The number of rotatable bonds is 2. The van der Waals surface area contributed by atoms with Crippen LogP contribution in [0.2, 0.25) is 0 Å². The lowest BCUT2D eigenvalue weighted by molar-refractivity contribution is 0.139.